The van der Waals surface area contributed by atoms with Crippen LogP contribution in [0.3, 0.4) is 0 Å². The third-order valence-corrected chi connectivity index (χ3v) is 3.68. The quantitative estimate of drug-likeness (QED) is 0.847. The maximum Gasteiger partial charge on any atom is 0.0790 e. The van der Waals surface area contributed by atoms with E-state index in [1.807, 2.05) is 18.2 Å². The molecule has 0 amide bonds. The van der Waals surface area contributed by atoms with E-state index >= 15 is 0 Å². The van der Waals surface area contributed by atoms with Crippen LogP contribution in [0.5, 0.6) is 0 Å². The van der Waals surface area contributed by atoms with Crippen molar-refractivity contribution in [3.05, 3.63) is 33.3 Å². The maximum atomic E-state index is 6.10. The number of nitrogens with one attached hydrogen (secondary N) is 1. The van der Waals surface area contributed by atoms with Crippen molar-refractivity contribution in [3.8, 4) is 0 Å². The molecule has 0 unspecified atom stereocenters. The lowest BCUT2D eigenvalue weighted by Gasteiger charge is -2.12. The Hall–Kier alpha value is -0.0900. The average Bonchev–Trinajstić information content (AvgIpc) is 2.74. The number of rotatable bonds is 4. The Morgan fingerprint density at radius 1 is 1.38 bits per heavy atom. The van der Waals surface area contributed by atoms with Crippen LogP contribution in [-0.4, -0.2) is 6.10 Å². The second kappa shape index (κ2) is 6.01. The normalized spacial score (nSPS) is 16.9. The lowest BCUT2D eigenvalue weighted by Crippen LogP contribution is -2.21. The van der Waals surface area contributed by atoms with E-state index in [1.165, 1.54) is 25.7 Å². The Bertz CT molecular complexity index is 353. The molecule has 2 rings (SSSR count). The first-order valence-corrected chi connectivity index (χ1v) is 6.75. The van der Waals surface area contributed by atoms with Gasteiger partial charge in [-0.2, -0.15) is 5.48 Å². The van der Waals surface area contributed by atoms with Crippen LogP contribution >= 0.6 is 27.5 Å². The van der Waals surface area contributed by atoms with Crippen LogP contribution in [0.1, 0.15) is 31.2 Å². The molecule has 0 aliphatic heterocycles. The lowest BCUT2D eigenvalue weighted by molar-refractivity contribution is -0.0244. The van der Waals surface area contributed by atoms with Crippen LogP contribution in [0.4, 0.5) is 0 Å². The maximum absolute atomic E-state index is 6.10. The largest absolute Gasteiger partial charge is 0.298 e. The molecule has 1 aliphatic rings. The minimum Gasteiger partial charge on any atom is -0.298 e. The zero-order valence-corrected chi connectivity index (χ0v) is 11.4. The predicted molar refractivity (Wildman–Crippen MR) is 69.3 cm³/mol. The van der Waals surface area contributed by atoms with Gasteiger partial charge in [0.2, 0.25) is 0 Å². The fourth-order valence-corrected chi connectivity index (χ4v) is 2.65. The van der Waals surface area contributed by atoms with Gasteiger partial charge in [0.15, 0.2) is 0 Å². The minimum absolute atomic E-state index is 0.384. The van der Waals surface area contributed by atoms with E-state index in [2.05, 4.69) is 21.4 Å². The highest BCUT2D eigenvalue weighted by atomic mass is 79.9. The number of hydrogen-bond donors (Lipinski definition) is 1. The van der Waals surface area contributed by atoms with Gasteiger partial charge in [0.25, 0.3) is 0 Å². The SMILES string of the molecule is Clc1cc(Br)ccc1CNOC1CCCC1. The van der Waals surface area contributed by atoms with Gasteiger partial charge < -0.3 is 0 Å². The Morgan fingerprint density at radius 3 is 2.81 bits per heavy atom. The molecule has 2 nitrogen and oxygen atoms in total. The molecule has 1 aromatic rings. The van der Waals surface area contributed by atoms with Crippen LogP contribution < -0.4 is 5.48 Å². The molecule has 1 aliphatic carbocycles. The second-order valence-electron chi connectivity index (χ2n) is 4.08. The second-order valence-corrected chi connectivity index (χ2v) is 5.40. The van der Waals surface area contributed by atoms with Gasteiger partial charge in [-0.3, -0.25) is 4.84 Å². The summed E-state index contributed by atoms with van der Waals surface area (Å²) in [7, 11) is 0. The van der Waals surface area contributed by atoms with Gasteiger partial charge in [-0.05, 0) is 30.5 Å². The van der Waals surface area contributed by atoms with Gasteiger partial charge in [0.1, 0.15) is 0 Å². The Labute approximate surface area is 109 Å². The van der Waals surface area contributed by atoms with E-state index in [-0.39, 0.29) is 0 Å². The van der Waals surface area contributed by atoms with Gasteiger partial charge in [-0.1, -0.05) is 46.4 Å². The highest BCUT2D eigenvalue weighted by Crippen LogP contribution is 2.22. The molecular formula is C12H15BrClNO. The molecule has 1 saturated carbocycles. The molecule has 0 bridgehead atoms. The fraction of sp³-hybridized carbons (Fsp3) is 0.500. The van der Waals surface area contributed by atoms with Crippen molar-refractivity contribution >= 4 is 27.5 Å². The van der Waals surface area contributed by atoms with Gasteiger partial charge in [0.05, 0.1) is 6.10 Å². The van der Waals surface area contributed by atoms with Crippen LogP contribution in [0.15, 0.2) is 22.7 Å². The van der Waals surface area contributed by atoms with Crippen molar-refractivity contribution in [1.82, 2.24) is 5.48 Å². The van der Waals surface area contributed by atoms with Gasteiger partial charge in [0, 0.05) is 16.0 Å². The average molecular weight is 305 g/mol. The van der Waals surface area contributed by atoms with Crippen LogP contribution in [-0.2, 0) is 11.4 Å². The van der Waals surface area contributed by atoms with Gasteiger partial charge >= 0.3 is 0 Å². The summed E-state index contributed by atoms with van der Waals surface area (Å²) >= 11 is 9.48. The molecule has 0 saturated heterocycles. The van der Waals surface area contributed by atoms with Crippen LogP contribution in [0.2, 0.25) is 5.02 Å². The first-order valence-electron chi connectivity index (χ1n) is 5.58. The zero-order chi connectivity index (χ0) is 11.4. The molecule has 16 heavy (non-hydrogen) atoms. The molecule has 0 aromatic heterocycles. The van der Waals surface area contributed by atoms with E-state index in [0.717, 1.165) is 15.1 Å². The van der Waals surface area contributed by atoms with E-state index < -0.39 is 0 Å². The third-order valence-electron chi connectivity index (χ3n) is 2.83. The summed E-state index contributed by atoms with van der Waals surface area (Å²) in [5.74, 6) is 0. The molecule has 1 aromatic carbocycles. The van der Waals surface area contributed by atoms with Crippen molar-refractivity contribution in [1.29, 1.82) is 0 Å². The topological polar surface area (TPSA) is 21.3 Å². The van der Waals surface area contributed by atoms with Crippen molar-refractivity contribution in [2.45, 2.75) is 38.3 Å². The molecule has 0 atom stereocenters. The first kappa shape index (κ1) is 12.4. The van der Waals surface area contributed by atoms with Crippen molar-refractivity contribution < 1.29 is 4.84 Å². The summed E-state index contributed by atoms with van der Waals surface area (Å²) in [6.07, 6.45) is 5.29. The van der Waals surface area contributed by atoms with Crippen molar-refractivity contribution in [2.75, 3.05) is 0 Å². The highest BCUT2D eigenvalue weighted by Gasteiger charge is 2.15. The number of benzene rings is 1. The van der Waals surface area contributed by atoms with Crippen LogP contribution in [0, 0.1) is 0 Å². The predicted octanol–water partition coefficient (Wildman–Crippen LogP) is 4.07. The molecule has 0 spiro atoms. The van der Waals surface area contributed by atoms with Crippen LogP contribution in [0.25, 0.3) is 0 Å². The Morgan fingerprint density at radius 2 is 2.12 bits per heavy atom. The summed E-state index contributed by atoms with van der Waals surface area (Å²) < 4.78 is 0.998. The molecule has 1 fully saturated rings. The number of halogens is 2. The molecule has 88 valence electrons. The molecular weight excluding hydrogens is 289 g/mol. The molecule has 1 N–H and O–H groups in total. The van der Waals surface area contributed by atoms with Crippen molar-refractivity contribution in [2.24, 2.45) is 0 Å². The minimum atomic E-state index is 0.384. The Balaban J connectivity index is 1.80. The summed E-state index contributed by atoms with van der Waals surface area (Å²) in [6, 6.07) is 5.88. The monoisotopic (exact) mass is 303 g/mol. The van der Waals surface area contributed by atoms with Crippen molar-refractivity contribution in [3.63, 3.8) is 0 Å². The fourth-order valence-electron chi connectivity index (χ4n) is 1.91. The third kappa shape index (κ3) is 3.45. The standard InChI is InChI=1S/C12H15BrClNO/c13-10-6-5-9(12(14)7-10)8-15-16-11-3-1-2-4-11/h5-7,11,15H,1-4,8H2. The highest BCUT2D eigenvalue weighted by molar-refractivity contribution is 9.10. The van der Waals surface area contributed by atoms with E-state index in [9.17, 15) is 0 Å². The van der Waals surface area contributed by atoms with E-state index in [0.29, 0.717) is 12.6 Å². The lowest BCUT2D eigenvalue weighted by atomic mass is 10.2. The summed E-state index contributed by atoms with van der Waals surface area (Å²) in [5, 5.41) is 0.761. The van der Waals surface area contributed by atoms with Gasteiger partial charge in [-0.25, -0.2) is 0 Å². The molecule has 0 radical (unpaired) electrons. The molecule has 0 heterocycles. The molecule has 4 heteroatoms. The summed E-state index contributed by atoms with van der Waals surface area (Å²) in [5.41, 5.74) is 4.06. The van der Waals surface area contributed by atoms with E-state index in [4.69, 9.17) is 16.4 Å². The Kier molecular flexibility index (Phi) is 4.65. The number of hydroxylamine groups is 1. The first-order chi connectivity index (χ1) is 7.75. The van der Waals surface area contributed by atoms with Gasteiger partial charge in [-0.15, -0.1) is 0 Å². The zero-order valence-electron chi connectivity index (χ0n) is 9.01. The summed E-state index contributed by atoms with van der Waals surface area (Å²) in [4.78, 5) is 5.57. The van der Waals surface area contributed by atoms with E-state index in [1.54, 1.807) is 0 Å². The number of hydrogen-bond acceptors (Lipinski definition) is 2. The smallest absolute Gasteiger partial charge is 0.0790 e. The summed E-state index contributed by atoms with van der Waals surface area (Å²) in [6.45, 7) is 0.655.